The van der Waals surface area contributed by atoms with Crippen molar-refractivity contribution in [3.8, 4) is 0 Å². The number of hydrogen-bond donors (Lipinski definition) is 1. The van der Waals surface area contributed by atoms with Crippen LogP contribution in [0.15, 0.2) is 12.2 Å². The maximum Gasteiger partial charge on any atom is 0.472 e. The van der Waals surface area contributed by atoms with E-state index in [1.807, 2.05) is 21.1 Å². The smallest absolute Gasteiger partial charge is 0.379 e. The summed E-state index contributed by atoms with van der Waals surface area (Å²) in [7, 11) is -2.32. The van der Waals surface area contributed by atoms with Gasteiger partial charge in [0.15, 0.2) is 0 Å². The van der Waals surface area contributed by atoms with E-state index in [1.165, 1.54) is 64.2 Å². The molecule has 0 spiro atoms. The van der Waals surface area contributed by atoms with E-state index < -0.39 is 30.7 Å². The van der Waals surface area contributed by atoms with E-state index in [1.54, 1.807) is 0 Å². The molecule has 2 unspecified atom stereocenters. The average Bonchev–Trinajstić information content (AvgIpc) is 2.80. The van der Waals surface area contributed by atoms with Gasteiger partial charge in [-0.15, -0.1) is 0 Å². The van der Waals surface area contributed by atoms with Crippen LogP contribution in [0.4, 0.5) is 0 Å². The lowest BCUT2D eigenvalue weighted by Gasteiger charge is -2.24. The summed E-state index contributed by atoms with van der Waals surface area (Å²) in [5.41, 5.74) is 0. The normalized spacial score (nSPS) is 15.2. The maximum absolute atomic E-state index is 12.1. The van der Waals surface area contributed by atoms with Crippen molar-refractivity contribution in [2.45, 2.75) is 103 Å². The van der Waals surface area contributed by atoms with Crippen molar-refractivity contribution in [3.63, 3.8) is 0 Å². The highest BCUT2D eigenvalue weighted by Crippen LogP contribution is 2.43. The number of hydrogen-bond acceptors (Lipinski definition) is 7. The fourth-order valence-electron chi connectivity index (χ4n) is 3.66. The van der Waals surface area contributed by atoms with Crippen LogP contribution in [0.1, 0.15) is 96.8 Å². The molecule has 0 amide bonds. The first kappa shape index (κ1) is 37.7. The Hall–Kier alpha value is -0.320. The lowest BCUT2D eigenvalue weighted by molar-refractivity contribution is -0.870. The predicted octanol–water partition coefficient (Wildman–Crippen LogP) is 6.23. The Bertz CT molecular complexity index is 740. The van der Waals surface area contributed by atoms with E-state index in [-0.39, 0.29) is 13.2 Å². The molecule has 0 aromatic heterocycles. The van der Waals surface area contributed by atoms with Gasteiger partial charge in [0.2, 0.25) is 0 Å². The van der Waals surface area contributed by atoms with Gasteiger partial charge in [-0.1, -0.05) is 76.9 Å². The summed E-state index contributed by atoms with van der Waals surface area (Å²) in [5.74, 6) is 0. The molecular weight excluding hydrogens is 529 g/mol. The van der Waals surface area contributed by atoms with Crippen molar-refractivity contribution in [1.29, 1.82) is 0 Å². The number of quaternary nitrogens is 1. The molecule has 0 aromatic carbocycles. The van der Waals surface area contributed by atoms with Crippen LogP contribution >= 0.6 is 7.82 Å². The van der Waals surface area contributed by atoms with Crippen LogP contribution in [0, 0.1) is 0 Å². The van der Waals surface area contributed by atoms with Gasteiger partial charge in [-0.2, -0.15) is 8.42 Å². The first-order valence-electron chi connectivity index (χ1n) is 14.4. The highest BCUT2D eigenvalue weighted by Gasteiger charge is 2.26. The highest BCUT2D eigenvalue weighted by molar-refractivity contribution is 7.86. The van der Waals surface area contributed by atoms with E-state index >= 15 is 0 Å². The molecule has 0 saturated carbocycles. The monoisotopic (exact) mass is 586 g/mol. The summed E-state index contributed by atoms with van der Waals surface area (Å²) in [6.45, 7) is 2.76. The number of nitrogens with zero attached hydrogens (tertiary/aromatic N) is 1. The second-order valence-corrected chi connectivity index (χ2v) is 14.1. The molecule has 2 atom stereocenters. The van der Waals surface area contributed by atoms with Crippen molar-refractivity contribution in [2.75, 3.05) is 60.4 Å². The van der Waals surface area contributed by atoms with Gasteiger partial charge in [0, 0.05) is 6.61 Å². The van der Waals surface area contributed by atoms with Crippen molar-refractivity contribution < 1.29 is 40.3 Å². The quantitative estimate of drug-likeness (QED) is 0.0397. The number of ether oxygens (including phenoxy) is 1. The van der Waals surface area contributed by atoms with Gasteiger partial charge < -0.3 is 14.1 Å². The summed E-state index contributed by atoms with van der Waals surface area (Å²) in [6.07, 6.45) is 21.7. The number of phosphoric ester groups is 1. The Balaban J connectivity index is 3.90. The zero-order valence-corrected chi connectivity index (χ0v) is 26.5. The molecule has 0 aliphatic rings. The summed E-state index contributed by atoms with van der Waals surface area (Å²) < 4.78 is 56.1. The first-order chi connectivity index (χ1) is 17.8. The molecule has 0 saturated heterocycles. The minimum absolute atomic E-state index is 0.0291. The fraction of sp³-hybridized carbons (Fsp3) is 0.926. The van der Waals surface area contributed by atoms with Crippen molar-refractivity contribution in [2.24, 2.45) is 0 Å². The van der Waals surface area contributed by atoms with E-state index in [4.69, 9.17) is 18.0 Å². The van der Waals surface area contributed by atoms with Crippen LogP contribution in [0.25, 0.3) is 0 Å². The van der Waals surface area contributed by atoms with Crippen LogP contribution in [-0.2, 0) is 32.7 Å². The highest BCUT2D eigenvalue weighted by atomic mass is 32.2. The van der Waals surface area contributed by atoms with Crippen LogP contribution in [0.3, 0.4) is 0 Å². The number of unbranched alkanes of at least 4 members (excludes halogenated alkanes) is 12. The van der Waals surface area contributed by atoms with Crippen molar-refractivity contribution in [3.05, 3.63) is 12.2 Å². The van der Waals surface area contributed by atoms with Crippen LogP contribution in [-0.4, -0.2) is 84.3 Å². The standard InChI is InChI=1S/C27H56NO8PS/c1-6-7-8-9-10-11-12-13-14-15-16-17-18-19-20-21-23-33-25-27(36-38(5,31)32)26-35-37(29,30)34-24-22-28(2,3)4/h13-14,27H,6-12,15-26H2,1-5H3/p+1/b14-13+. The zero-order chi connectivity index (χ0) is 28.8. The van der Waals surface area contributed by atoms with Gasteiger partial charge in [0.05, 0.1) is 40.6 Å². The van der Waals surface area contributed by atoms with Crippen LogP contribution < -0.4 is 0 Å². The van der Waals surface area contributed by atoms with Crippen LogP contribution in [0.2, 0.25) is 0 Å². The average molecular weight is 587 g/mol. The van der Waals surface area contributed by atoms with Gasteiger partial charge in [-0.3, -0.25) is 13.2 Å². The maximum atomic E-state index is 12.1. The molecule has 0 aliphatic carbocycles. The van der Waals surface area contributed by atoms with Gasteiger partial charge in [0.25, 0.3) is 10.1 Å². The Morgan fingerprint density at radius 2 is 1.32 bits per heavy atom. The molecule has 228 valence electrons. The van der Waals surface area contributed by atoms with E-state index in [9.17, 15) is 17.9 Å². The number of allylic oxidation sites excluding steroid dienone is 2. The number of rotatable bonds is 27. The van der Waals surface area contributed by atoms with E-state index in [2.05, 4.69) is 19.1 Å². The lowest BCUT2D eigenvalue weighted by Crippen LogP contribution is -2.37. The Morgan fingerprint density at radius 3 is 1.84 bits per heavy atom. The molecule has 38 heavy (non-hydrogen) atoms. The third kappa shape index (κ3) is 28.7. The second kappa shape index (κ2) is 22.4. The zero-order valence-electron chi connectivity index (χ0n) is 24.8. The van der Waals surface area contributed by atoms with Crippen molar-refractivity contribution in [1.82, 2.24) is 0 Å². The number of phosphoric acid groups is 1. The van der Waals surface area contributed by atoms with Crippen molar-refractivity contribution >= 4 is 17.9 Å². The topological polar surface area (TPSA) is 108 Å². The summed E-state index contributed by atoms with van der Waals surface area (Å²) in [4.78, 5) is 9.84. The van der Waals surface area contributed by atoms with Gasteiger partial charge >= 0.3 is 7.82 Å². The SMILES string of the molecule is CCCCCCCC/C=C/CCCCCCCCOCC(COP(=O)(O)OCC[N+](C)(C)C)OS(C)(=O)=O. The third-order valence-electron chi connectivity index (χ3n) is 5.86. The third-order valence-corrected chi connectivity index (χ3v) is 7.46. The molecular formula is C27H57NO8PS+. The van der Waals surface area contributed by atoms with Gasteiger partial charge in [-0.05, 0) is 32.1 Å². The Labute approximate surface area is 233 Å². The lowest BCUT2D eigenvalue weighted by atomic mass is 10.1. The first-order valence-corrected chi connectivity index (χ1v) is 17.7. The molecule has 11 heteroatoms. The fourth-order valence-corrected chi connectivity index (χ4v) is 5.01. The molecule has 0 bridgehead atoms. The van der Waals surface area contributed by atoms with Gasteiger partial charge in [-0.25, -0.2) is 4.57 Å². The molecule has 1 N–H and O–H groups in total. The molecule has 0 radical (unpaired) electrons. The molecule has 0 fully saturated rings. The molecule has 0 rings (SSSR count). The minimum Gasteiger partial charge on any atom is -0.379 e. The molecule has 0 heterocycles. The Kier molecular flexibility index (Phi) is 22.2. The summed E-state index contributed by atoms with van der Waals surface area (Å²) in [5, 5.41) is 0. The molecule has 9 nitrogen and oxygen atoms in total. The summed E-state index contributed by atoms with van der Waals surface area (Å²) in [6, 6.07) is 0. The molecule has 0 aliphatic heterocycles. The minimum atomic E-state index is -4.32. The van der Waals surface area contributed by atoms with E-state index in [0.717, 1.165) is 31.9 Å². The van der Waals surface area contributed by atoms with E-state index in [0.29, 0.717) is 17.6 Å². The second-order valence-electron chi connectivity index (χ2n) is 11.0. The Morgan fingerprint density at radius 1 is 0.789 bits per heavy atom. The largest absolute Gasteiger partial charge is 0.472 e. The number of likely N-dealkylation sites (N-methyl/N-ethyl adjacent to an activating group) is 1. The molecule has 0 aromatic rings. The predicted molar refractivity (Wildman–Crippen MR) is 155 cm³/mol. The summed E-state index contributed by atoms with van der Waals surface area (Å²) >= 11 is 0. The van der Waals surface area contributed by atoms with Gasteiger partial charge in [0.1, 0.15) is 19.3 Å². The van der Waals surface area contributed by atoms with Crippen LogP contribution in [0.5, 0.6) is 0 Å².